The monoisotopic (exact) mass is 277 g/mol. The molecule has 0 spiro atoms. The maximum atomic E-state index is 3.76. The van der Waals surface area contributed by atoms with Crippen molar-refractivity contribution in [2.75, 3.05) is 5.32 Å². The summed E-state index contributed by atoms with van der Waals surface area (Å²) in [6, 6.07) is 16.4. The molecular formula is C20H23N. The first-order chi connectivity index (χ1) is 10.3. The number of benzene rings is 2. The number of nitrogens with one attached hydrogen (secondary N) is 1. The van der Waals surface area contributed by atoms with Gasteiger partial charge in [-0.3, -0.25) is 0 Å². The first-order valence-corrected chi connectivity index (χ1v) is 8.27. The van der Waals surface area contributed by atoms with Crippen LogP contribution in [-0.4, -0.2) is 6.04 Å². The van der Waals surface area contributed by atoms with Gasteiger partial charge in [-0.05, 0) is 72.4 Å². The number of hydrogen-bond acceptors (Lipinski definition) is 1. The van der Waals surface area contributed by atoms with Gasteiger partial charge in [0.2, 0.25) is 0 Å². The second-order valence-corrected chi connectivity index (χ2v) is 6.81. The van der Waals surface area contributed by atoms with E-state index in [4.69, 9.17) is 0 Å². The van der Waals surface area contributed by atoms with Crippen molar-refractivity contribution in [3.05, 3.63) is 53.6 Å². The second kappa shape index (κ2) is 5.22. The predicted molar refractivity (Wildman–Crippen MR) is 89.7 cm³/mol. The minimum Gasteiger partial charge on any atom is -0.382 e. The Bertz CT molecular complexity index is 651. The molecule has 0 unspecified atom stereocenters. The Kier molecular flexibility index (Phi) is 3.21. The highest BCUT2D eigenvalue weighted by atomic mass is 14.9. The summed E-state index contributed by atoms with van der Waals surface area (Å²) < 4.78 is 0. The lowest BCUT2D eigenvalue weighted by Crippen LogP contribution is -2.25. The van der Waals surface area contributed by atoms with E-state index < -0.39 is 0 Å². The maximum Gasteiger partial charge on any atom is 0.0345 e. The number of rotatable bonds is 2. The van der Waals surface area contributed by atoms with E-state index in [0.29, 0.717) is 6.04 Å². The quantitative estimate of drug-likeness (QED) is 0.674. The molecule has 2 aromatic carbocycles. The summed E-state index contributed by atoms with van der Waals surface area (Å²) >= 11 is 0. The molecule has 1 nitrogen and oxygen atoms in total. The zero-order chi connectivity index (χ0) is 14.2. The molecule has 0 heterocycles. The van der Waals surface area contributed by atoms with Crippen LogP contribution in [0.15, 0.2) is 42.5 Å². The molecule has 1 saturated carbocycles. The Hall–Kier alpha value is -1.76. The van der Waals surface area contributed by atoms with E-state index in [1.54, 1.807) is 0 Å². The average Bonchev–Trinajstić information content (AvgIpc) is 2.87. The Morgan fingerprint density at radius 1 is 0.857 bits per heavy atom. The molecule has 1 N–H and O–H groups in total. The molecule has 0 amide bonds. The van der Waals surface area contributed by atoms with Gasteiger partial charge in [-0.25, -0.2) is 0 Å². The second-order valence-electron chi connectivity index (χ2n) is 6.81. The molecule has 2 aliphatic rings. The van der Waals surface area contributed by atoms with Crippen LogP contribution in [0.3, 0.4) is 0 Å². The zero-order valence-corrected chi connectivity index (χ0v) is 12.7. The van der Waals surface area contributed by atoms with Gasteiger partial charge in [0.05, 0.1) is 0 Å². The molecular weight excluding hydrogens is 254 g/mol. The lowest BCUT2D eigenvalue weighted by molar-refractivity contribution is 0.361. The summed E-state index contributed by atoms with van der Waals surface area (Å²) in [5.74, 6) is 0.914. The third-order valence-electron chi connectivity index (χ3n) is 5.18. The van der Waals surface area contributed by atoms with Crippen molar-refractivity contribution in [2.24, 2.45) is 5.92 Å². The number of hydrogen-bond donors (Lipinski definition) is 1. The van der Waals surface area contributed by atoms with Gasteiger partial charge >= 0.3 is 0 Å². The van der Waals surface area contributed by atoms with Crippen LogP contribution in [0.4, 0.5) is 5.69 Å². The van der Waals surface area contributed by atoms with Gasteiger partial charge in [-0.15, -0.1) is 0 Å². The molecule has 2 aliphatic carbocycles. The van der Waals surface area contributed by atoms with Gasteiger partial charge in [-0.1, -0.05) is 37.3 Å². The summed E-state index contributed by atoms with van der Waals surface area (Å²) in [7, 11) is 0. The van der Waals surface area contributed by atoms with Crippen molar-refractivity contribution in [3.8, 4) is 11.1 Å². The minimum atomic E-state index is 0.669. The third kappa shape index (κ3) is 2.46. The van der Waals surface area contributed by atoms with Crippen molar-refractivity contribution in [1.82, 2.24) is 0 Å². The maximum absolute atomic E-state index is 3.76. The molecule has 2 aromatic rings. The van der Waals surface area contributed by atoms with Crippen molar-refractivity contribution < 1.29 is 0 Å². The number of anilines is 1. The topological polar surface area (TPSA) is 12.0 Å². The van der Waals surface area contributed by atoms with Gasteiger partial charge in [0, 0.05) is 11.7 Å². The molecule has 21 heavy (non-hydrogen) atoms. The normalized spacial score (nSPS) is 23.5. The highest BCUT2D eigenvalue weighted by Crippen LogP contribution is 2.38. The summed E-state index contributed by atoms with van der Waals surface area (Å²) in [6.07, 6.45) is 6.46. The zero-order valence-electron chi connectivity index (χ0n) is 12.7. The lowest BCUT2D eigenvalue weighted by Gasteiger charge is -2.28. The smallest absolute Gasteiger partial charge is 0.0345 e. The largest absolute Gasteiger partial charge is 0.382 e. The Morgan fingerprint density at radius 3 is 2.48 bits per heavy atom. The van der Waals surface area contributed by atoms with Crippen LogP contribution in [0.2, 0.25) is 0 Å². The predicted octanol–water partition coefficient (Wildman–Crippen LogP) is 5.25. The van der Waals surface area contributed by atoms with Gasteiger partial charge in [-0.2, -0.15) is 0 Å². The molecule has 108 valence electrons. The van der Waals surface area contributed by atoms with Crippen LogP contribution in [0.1, 0.15) is 43.7 Å². The third-order valence-corrected chi connectivity index (χ3v) is 5.18. The lowest BCUT2D eigenvalue weighted by atomic mass is 9.87. The highest BCUT2D eigenvalue weighted by Gasteiger charge is 2.20. The van der Waals surface area contributed by atoms with E-state index in [1.807, 2.05) is 0 Å². The van der Waals surface area contributed by atoms with Crippen molar-refractivity contribution >= 4 is 5.69 Å². The van der Waals surface area contributed by atoms with Crippen molar-refractivity contribution in [1.29, 1.82) is 0 Å². The molecule has 0 bridgehead atoms. The van der Waals surface area contributed by atoms with Crippen LogP contribution in [0.5, 0.6) is 0 Å². The summed E-state index contributed by atoms with van der Waals surface area (Å²) in [6.45, 7) is 2.38. The molecule has 0 radical (unpaired) electrons. The Morgan fingerprint density at radius 2 is 1.62 bits per heavy atom. The Labute approximate surface area is 127 Å². The van der Waals surface area contributed by atoms with Crippen LogP contribution >= 0.6 is 0 Å². The van der Waals surface area contributed by atoms with Gasteiger partial charge < -0.3 is 5.32 Å². The standard InChI is InChI=1S/C20H23N/c1-14-6-8-17(9-7-14)21-18-10-11-20-16(13-18)12-15-4-2-3-5-19(15)20/h2-5,10-11,13-14,17,21H,6-9,12H2,1H3. The van der Waals surface area contributed by atoms with Crippen molar-refractivity contribution in [3.63, 3.8) is 0 Å². The number of fused-ring (bicyclic) bond motifs is 3. The van der Waals surface area contributed by atoms with E-state index in [2.05, 4.69) is 54.7 Å². The average molecular weight is 277 g/mol. The fourth-order valence-electron chi connectivity index (χ4n) is 3.88. The summed E-state index contributed by atoms with van der Waals surface area (Å²) in [5, 5.41) is 3.76. The highest BCUT2D eigenvalue weighted by molar-refractivity contribution is 5.78. The first kappa shape index (κ1) is 12.9. The fraction of sp³-hybridized carbons (Fsp3) is 0.400. The van der Waals surface area contributed by atoms with E-state index in [1.165, 1.54) is 53.6 Å². The van der Waals surface area contributed by atoms with Crippen LogP contribution in [0.25, 0.3) is 11.1 Å². The molecule has 0 saturated heterocycles. The molecule has 0 atom stereocenters. The molecule has 0 aliphatic heterocycles. The molecule has 0 aromatic heterocycles. The fourth-order valence-corrected chi connectivity index (χ4v) is 3.88. The van der Waals surface area contributed by atoms with Crippen LogP contribution in [-0.2, 0) is 6.42 Å². The van der Waals surface area contributed by atoms with E-state index in [9.17, 15) is 0 Å². The van der Waals surface area contributed by atoms with Crippen LogP contribution < -0.4 is 5.32 Å². The summed E-state index contributed by atoms with van der Waals surface area (Å²) in [4.78, 5) is 0. The first-order valence-electron chi connectivity index (χ1n) is 8.27. The molecule has 4 rings (SSSR count). The van der Waals surface area contributed by atoms with E-state index in [0.717, 1.165) is 12.3 Å². The van der Waals surface area contributed by atoms with Gasteiger partial charge in [0.1, 0.15) is 0 Å². The van der Waals surface area contributed by atoms with Gasteiger partial charge in [0.25, 0.3) is 0 Å². The van der Waals surface area contributed by atoms with E-state index in [-0.39, 0.29) is 0 Å². The molecule has 1 fully saturated rings. The minimum absolute atomic E-state index is 0.669. The summed E-state index contributed by atoms with van der Waals surface area (Å²) in [5.41, 5.74) is 7.10. The van der Waals surface area contributed by atoms with Crippen LogP contribution in [0, 0.1) is 5.92 Å². The van der Waals surface area contributed by atoms with E-state index >= 15 is 0 Å². The van der Waals surface area contributed by atoms with Gasteiger partial charge in [0.15, 0.2) is 0 Å². The Balaban J connectivity index is 1.53. The SMILES string of the molecule is CC1CCC(Nc2ccc3c(c2)Cc2ccccc2-3)CC1. The molecule has 1 heteroatoms. The van der Waals surface area contributed by atoms with Crippen molar-refractivity contribution in [2.45, 2.75) is 45.1 Å².